The number of hydrogen-bond donors (Lipinski definition) is 2. The Morgan fingerprint density at radius 1 is 1.20 bits per heavy atom. The molecule has 0 radical (unpaired) electrons. The van der Waals surface area contributed by atoms with Gasteiger partial charge in [0.15, 0.2) is 11.6 Å². The van der Waals surface area contributed by atoms with E-state index in [1.54, 1.807) is 30.0 Å². The normalized spacial score (nSPS) is 16.5. The van der Waals surface area contributed by atoms with Gasteiger partial charge in [-0.05, 0) is 44.2 Å². The minimum Gasteiger partial charge on any atom is -0.375 e. The third kappa shape index (κ3) is 6.21. The summed E-state index contributed by atoms with van der Waals surface area (Å²) >= 11 is 0. The molecule has 1 atom stereocenters. The number of hydrogen-bond acceptors (Lipinski definition) is 8. The molecule has 0 aliphatic carbocycles. The van der Waals surface area contributed by atoms with Crippen LogP contribution in [0, 0.1) is 12.7 Å². The van der Waals surface area contributed by atoms with Crippen LogP contribution in [0.4, 0.5) is 40.7 Å². The van der Waals surface area contributed by atoms with Gasteiger partial charge in [-0.2, -0.15) is 23.3 Å². The Labute approximate surface area is 199 Å². The van der Waals surface area contributed by atoms with Crippen LogP contribution in [-0.2, 0) is 10.9 Å². The standard InChI is InChI=1S/C23H23F4N7O/c1-14-13-34(8-9-35-14)21-19(24)12-28-22(32-21)33-29-11-18-6-7-20(15(2)30-18)31-17-5-3-4-16(10-17)23(25,26)27/h3-7,10-12,14,31H,8-9,13H2,1-2H3,(H,28,32,33)/b29-11+. The first kappa shape index (κ1) is 24.3. The van der Waals surface area contributed by atoms with Crippen LogP contribution in [0.5, 0.6) is 0 Å². The second kappa shape index (κ2) is 10.2. The number of hydrazone groups is 1. The molecule has 1 saturated heterocycles. The third-order valence-electron chi connectivity index (χ3n) is 5.20. The maximum Gasteiger partial charge on any atom is 0.416 e. The van der Waals surface area contributed by atoms with Gasteiger partial charge in [0.1, 0.15) is 0 Å². The van der Waals surface area contributed by atoms with E-state index in [-0.39, 0.29) is 17.9 Å². The Morgan fingerprint density at radius 2 is 2.03 bits per heavy atom. The van der Waals surface area contributed by atoms with Crippen LogP contribution in [-0.4, -0.2) is 47.0 Å². The quantitative estimate of drug-likeness (QED) is 0.294. The SMILES string of the molecule is Cc1nc(/C=N/Nc2ncc(F)c(N3CCOC(C)C3)n2)ccc1Nc1cccc(C(F)(F)F)c1. The van der Waals surface area contributed by atoms with Crippen molar-refractivity contribution in [2.24, 2.45) is 5.10 Å². The Balaban J connectivity index is 1.42. The summed E-state index contributed by atoms with van der Waals surface area (Å²) < 4.78 is 58.5. The van der Waals surface area contributed by atoms with Crippen molar-refractivity contribution >= 4 is 29.4 Å². The van der Waals surface area contributed by atoms with Crippen LogP contribution >= 0.6 is 0 Å². The summed E-state index contributed by atoms with van der Waals surface area (Å²) in [5, 5.41) is 7.01. The first-order valence-corrected chi connectivity index (χ1v) is 10.8. The molecule has 35 heavy (non-hydrogen) atoms. The number of alkyl halides is 3. The zero-order valence-electron chi connectivity index (χ0n) is 19.0. The van der Waals surface area contributed by atoms with Gasteiger partial charge in [0, 0.05) is 18.8 Å². The van der Waals surface area contributed by atoms with E-state index in [0.29, 0.717) is 42.5 Å². The number of aryl methyl sites for hydroxylation is 1. The summed E-state index contributed by atoms with van der Waals surface area (Å²) in [6.45, 7) is 5.14. The van der Waals surface area contributed by atoms with Gasteiger partial charge in [-0.15, -0.1) is 0 Å². The van der Waals surface area contributed by atoms with E-state index in [4.69, 9.17) is 4.74 Å². The summed E-state index contributed by atoms with van der Waals surface area (Å²) in [6.07, 6.45) is -1.94. The van der Waals surface area contributed by atoms with E-state index in [2.05, 4.69) is 30.8 Å². The number of halogens is 4. The summed E-state index contributed by atoms with van der Waals surface area (Å²) in [5.41, 5.74) is 3.84. The lowest BCUT2D eigenvalue weighted by Crippen LogP contribution is -2.42. The second-order valence-corrected chi connectivity index (χ2v) is 7.94. The van der Waals surface area contributed by atoms with Crippen LogP contribution < -0.4 is 15.6 Å². The zero-order chi connectivity index (χ0) is 25.0. The van der Waals surface area contributed by atoms with Gasteiger partial charge in [0.2, 0.25) is 5.95 Å². The number of nitrogens with zero attached hydrogens (tertiary/aromatic N) is 5. The van der Waals surface area contributed by atoms with Crippen LogP contribution in [0.15, 0.2) is 47.7 Å². The number of pyridine rings is 1. The lowest BCUT2D eigenvalue weighted by Gasteiger charge is -2.32. The first-order chi connectivity index (χ1) is 16.7. The van der Waals surface area contributed by atoms with Gasteiger partial charge < -0.3 is 15.0 Å². The largest absolute Gasteiger partial charge is 0.416 e. The van der Waals surface area contributed by atoms with E-state index in [1.165, 1.54) is 12.3 Å². The van der Waals surface area contributed by atoms with Gasteiger partial charge >= 0.3 is 6.18 Å². The molecule has 8 nitrogen and oxygen atoms in total. The van der Waals surface area contributed by atoms with Crippen LogP contribution in [0.3, 0.4) is 0 Å². The third-order valence-corrected chi connectivity index (χ3v) is 5.20. The molecule has 0 bridgehead atoms. The molecular formula is C23H23F4N7O. The van der Waals surface area contributed by atoms with Crippen molar-refractivity contribution in [2.45, 2.75) is 26.1 Å². The Bertz CT molecular complexity index is 1220. The fraction of sp³-hybridized carbons (Fsp3) is 0.304. The summed E-state index contributed by atoms with van der Waals surface area (Å²) in [7, 11) is 0. The average Bonchev–Trinajstić information content (AvgIpc) is 2.81. The molecule has 184 valence electrons. The van der Waals surface area contributed by atoms with Crippen molar-refractivity contribution in [1.82, 2.24) is 15.0 Å². The number of rotatable bonds is 6. The van der Waals surface area contributed by atoms with Gasteiger partial charge in [0.05, 0.1) is 47.8 Å². The molecule has 4 rings (SSSR count). The fourth-order valence-electron chi connectivity index (χ4n) is 3.51. The Kier molecular flexibility index (Phi) is 7.10. The van der Waals surface area contributed by atoms with Crippen molar-refractivity contribution in [2.75, 3.05) is 35.3 Å². The number of morpholine rings is 1. The predicted molar refractivity (Wildman–Crippen MR) is 125 cm³/mol. The summed E-state index contributed by atoms with van der Waals surface area (Å²) in [5.74, 6) is -0.238. The lowest BCUT2D eigenvalue weighted by molar-refractivity contribution is -0.137. The minimum atomic E-state index is -4.42. The number of aromatic nitrogens is 3. The fourth-order valence-corrected chi connectivity index (χ4v) is 3.51. The lowest BCUT2D eigenvalue weighted by atomic mass is 10.2. The molecule has 0 amide bonds. The Morgan fingerprint density at radius 3 is 2.77 bits per heavy atom. The molecular weight excluding hydrogens is 466 g/mol. The molecule has 3 heterocycles. The molecule has 0 saturated carbocycles. The predicted octanol–water partition coefficient (Wildman–Crippen LogP) is 4.75. The number of benzene rings is 1. The number of anilines is 4. The van der Waals surface area contributed by atoms with Crippen molar-refractivity contribution in [3.05, 3.63) is 65.4 Å². The molecule has 1 unspecified atom stereocenters. The van der Waals surface area contributed by atoms with Crippen molar-refractivity contribution in [3.8, 4) is 0 Å². The maximum atomic E-state index is 14.2. The topological polar surface area (TPSA) is 87.6 Å². The molecule has 1 aliphatic rings. The second-order valence-electron chi connectivity index (χ2n) is 7.94. The zero-order valence-corrected chi connectivity index (χ0v) is 19.0. The maximum absolute atomic E-state index is 14.2. The molecule has 12 heteroatoms. The smallest absolute Gasteiger partial charge is 0.375 e. The minimum absolute atomic E-state index is 0.0344. The van der Waals surface area contributed by atoms with Crippen LogP contribution in [0.25, 0.3) is 0 Å². The molecule has 1 aliphatic heterocycles. The highest BCUT2D eigenvalue weighted by molar-refractivity contribution is 5.78. The first-order valence-electron chi connectivity index (χ1n) is 10.8. The summed E-state index contributed by atoms with van der Waals surface area (Å²) in [6, 6.07) is 8.27. The highest BCUT2D eigenvalue weighted by Gasteiger charge is 2.30. The molecule has 2 N–H and O–H groups in total. The van der Waals surface area contributed by atoms with E-state index >= 15 is 0 Å². The summed E-state index contributed by atoms with van der Waals surface area (Å²) in [4.78, 5) is 14.3. The highest BCUT2D eigenvalue weighted by atomic mass is 19.4. The number of nitrogens with one attached hydrogen (secondary N) is 2. The molecule has 0 spiro atoms. The van der Waals surface area contributed by atoms with Gasteiger partial charge in [-0.1, -0.05) is 6.07 Å². The van der Waals surface area contributed by atoms with E-state index in [9.17, 15) is 17.6 Å². The van der Waals surface area contributed by atoms with E-state index in [0.717, 1.165) is 18.3 Å². The number of ether oxygens (including phenoxy) is 1. The van der Waals surface area contributed by atoms with Crippen LogP contribution in [0.2, 0.25) is 0 Å². The molecule has 2 aromatic heterocycles. The average molecular weight is 489 g/mol. The van der Waals surface area contributed by atoms with Gasteiger partial charge in [-0.3, -0.25) is 0 Å². The van der Waals surface area contributed by atoms with Gasteiger partial charge in [-0.25, -0.2) is 19.8 Å². The molecule has 1 aromatic carbocycles. The monoisotopic (exact) mass is 489 g/mol. The van der Waals surface area contributed by atoms with Gasteiger partial charge in [0.25, 0.3) is 0 Å². The van der Waals surface area contributed by atoms with E-state index < -0.39 is 17.6 Å². The molecule has 3 aromatic rings. The Hall–Kier alpha value is -3.80. The van der Waals surface area contributed by atoms with Crippen molar-refractivity contribution < 1.29 is 22.3 Å². The van der Waals surface area contributed by atoms with E-state index in [1.807, 2.05) is 6.92 Å². The van der Waals surface area contributed by atoms with Crippen molar-refractivity contribution in [1.29, 1.82) is 0 Å². The van der Waals surface area contributed by atoms with Crippen molar-refractivity contribution in [3.63, 3.8) is 0 Å². The molecule has 1 fully saturated rings. The van der Waals surface area contributed by atoms with Crippen LogP contribution in [0.1, 0.15) is 23.9 Å². The highest BCUT2D eigenvalue weighted by Crippen LogP contribution is 2.31.